The van der Waals surface area contributed by atoms with Crippen LogP contribution in [-0.4, -0.2) is 13.4 Å². The number of methoxy groups -OCH3 is 1. The largest absolute Gasteiger partial charge is 0.493 e. The molecule has 5 heteroatoms. The highest BCUT2D eigenvalue weighted by Gasteiger charge is 2.12. The van der Waals surface area contributed by atoms with Gasteiger partial charge in [-0.15, -0.1) is 0 Å². The molecule has 0 heterocycles. The zero-order chi connectivity index (χ0) is 14.5. The summed E-state index contributed by atoms with van der Waals surface area (Å²) in [6.07, 6.45) is 0.721. The maximum atomic E-state index is 10.8. The van der Waals surface area contributed by atoms with Crippen LogP contribution in [0.15, 0.2) is 36.4 Å². The second-order valence-corrected chi connectivity index (χ2v) is 5.60. The molecule has 0 amide bonds. The monoisotopic (exact) mass is 402 g/mol. The predicted octanol–water partition coefficient (Wildman–Crippen LogP) is 4.34. The van der Waals surface area contributed by atoms with Crippen molar-refractivity contribution in [3.63, 3.8) is 0 Å². The van der Waals surface area contributed by atoms with Gasteiger partial charge in [-0.25, -0.2) is 0 Å². The van der Waals surface area contributed by atoms with E-state index in [1.165, 1.54) is 7.11 Å². The number of halogens is 2. The number of carbonyl (C=O) groups excluding carboxylic acids is 1. The van der Waals surface area contributed by atoms with E-state index in [2.05, 4.69) is 22.6 Å². The minimum absolute atomic E-state index is 0.359. The molecule has 0 radical (unpaired) electrons. The average Bonchev–Trinajstić information content (AvgIpc) is 2.46. The summed E-state index contributed by atoms with van der Waals surface area (Å²) in [4.78, 5) is 10.8. The summed E-state index contributed by atoms with van der Waals surface area (Å²) in [6.45, 7) is 0.385. The van der Waals surface area contributed by atoms with Gasteiger partial charge in [0.05, 0.1) is 12.1 Å². The Morgan fingerprint density at radius 3 is 2.70 bits per heavy atom. The van der Waals surface area contributed by atoms with Gasteiger partial charge in [0.15, 0.2) is 11.5 Å². The maximum absolute atomic E-state index is 10.8. The Kier molecular flexibility index (Phi) is 5.25. The Labute approximate surface area is 136 Å². The lowest BCUT2D eigenvalue weighted by molar-refractivity contribution is 0.112. The van der Waals surface area contributed by atoms with E-state index in [4.69, 9.17) is 21.1 Å². The summed E-state index contributed by atoms with van der Waals surface area (Å²) in [5, 5.41) is 0.359. The molecule has 0 aliphatic heterocycles. The molecule has 2 aromatic carbocycles. The van der Waals surface area contributed by atoms with E-state index in [1.807, 2.05) is 24.3 Å². The van der Waals surface area contributed by atoms with Crippen LogP contribution in [0, 0.1) is 3.57 Å². The standard InChI is InChI=1S/C15H12ClIO3/c1-19-14-7-10(8-18)6-12(16)15(14)20-9-11-4-2-3-5-13(11)17/h2-8H,9H2,1H3. The maximum Gasteiger partial charge on any atom is 0.180 e. The van der Waals surface area contributed by atoms with Gasteiger partial charge in [0.2, 0.25) is 0 Å². The number of aldehydes is 1. The first-order valence-electron chi connectivity index (χ1n) is 5.84. The van der Waals surface area contributed by atoms with Gasteiger partial charge in [0.1, 0.15) is 12.9 Å². The Morgan fingerprint density at radius 1 is 1.30 bits per heavy atom. The van der Waals surface area contributed by atoms with Crippen LogP contribution in [-0.2, 0) is 6.61 Å². The minimum atomic E-state index is 0.359. The van der Waals surface area contributed by atoms with E-state index < -0.39 is 0 Å². The minimum Gasteiger partial charge on any atom is -0.493 e. The number of hydrogen-bond acceptors (Lipinski definition) is 3. The zero-order valence-electron chi connectivity index (χ0n) is 10.7. The molecule has 0 spiro atoms. The highest BCUT2D eigenvalue weighted by Crippen LogP contribution is 2.36. The van der Waals surface area contributed by atoms with Crippen LogP contribution in [0.3, 0.4) is 0 Å². The quantitative estimate of drug-likeness (QED) is 0.551. The van der Waals surface area contributed by atoms with Crippen molar-refractivity contribution >= 4 is 40.5 Å². The molecule has 20 heavy (non-hydrogen) atoms. The van der Waals surface area contributed by atoms with Crippen molar-refractivity contribution in [3.05, 3.63) is 56.1 Å². The molecule has 0 aromatic heterocycles. The number of hydrogen-bond donors (Lipinski definition) is 0. The fraction of sp³-hybridized carbons (Fsp3) is 0.133. The molecular weight excluding hydrogens is 391 g/mol. The molecular formula is C15H12ClIO3. The molecule has 0 unspecified atom stereocenters. The van der Waals surface area contributed by atoms with Gasteiger partial charge in [-0.3, -0.25) is 4.79 Å². The average molecular weight is 403 g/mol. The fourth-order valence-electron chi connectivity index (χ4n) is 1.71. The summed E-state index contributed by atoms with van der Waals surface area (Å²) in [5.41, 5.74) is 1.51. The van der Waals surface area contributed by atoms with Gasteiger partial charge < -0.3 is 9.47 Å². The van der Waals surface area contributed by atoms with Crippen molar-refractivity contribution in [1.82, 2.24) is 0 Å². The predicted molar refractivity (Wildman–Crippen MR) is 86.9 cm³/mol. The Hall–Kier alpha value is -1.27. The summed E-state index contributed by atoms with van der Waals surface area (Å²) >= 11 is 8.38. The Balaban J connectivity index is 2.25. The summed E-state index contributed by atoms with van der Waals surface area (Å²) in [6, 6.07) is 11.1. The number of carbonyl (C=O) groups is 1. The van der Waals surface area contributed by atoms with E-state index in [0.717, 1.165) is 15.4 Å². The molecule has 104 valence electrons. The van der Waals surface area contributed by atoms with Crippen LogP contribution < -0.4 is 9.47 Å². The van der Waals surface area contributed by atoms with Gasteiger partial charge in [-0.1, -0.05) is 29.8 Å². The zero-order valence-corrected chi connectivity index (χ0v) is 13.6. The van der Waals surface area contributed by atoms with E-state index in [9.17, 15) is 4.79 Å². The summed E-state index contributed by atoms with van der Waals surface area (Å²) < 4.78 is 12.1. The molecule has 0 N–H and O–H groups in total. The third kappa shape index (κ3) is 3.43. The number of rotatable bonds is 5. The van der Waals surface area contributed by atoms with Crippen LogP contribution in [0.4, 0.5) is 0 Å². The van der Waals surface area contributed by atoms with E-state index in [-0.39, 0.29) is 0 Å². The van der Waals surface area contributed by atoms with Crippen molar-refractivity contribution in [2.75, 3.05) is 7.11 Å². The highest BCUT2D eigenvalue weighted by molar-refractivity contribution is 14.1. The first-order valence-corrected chi connectivity index (χ1v) is 7.30. The lowest BCUT2D eigenvalue weighted by atomic mass is 10.2. The molecule has 0 saturated carbocycles. The molecule has 0 bridgehead atoms. The second kappa shape index (κ2) is 6.95. The van der Waals surface area contributed by atoms with Gasteiger partial charge in [0, 0.05) is 14.7 Å². The van der Waals surface area contributed by atoms with Crippen LogP contribution >= 0.6 is 34.2 Å². The smallest absolute Gasteiger partial charge is 0.180 e. The van der Waals surface area contributed by atoms with Gasteiger partial charge in [-0.05, 0) is 40.8 Å². The lowest BCUT2D eigenvalue weighted by Gasteiger charge is -2.13. The molecule has 2 rings (SSSR count). The van der Waals surface area contributed by atoms with Gasteiger partial charge in [-0.2, -0.15) is 0 Å². The topological polar surface area (TPSA) is 35.5 Å². The molecule has 3 nitrogen and oxygen atoms in total. The normalized spacial score (nSPS) is 10.2. The van der Waals surface area contributed by atoms with E-state index in [0.29, 0.717) is 28.7 Å². The van der Waals surface area contributed by atoms with Crippen LogP contribution in [0.1, 0.15) is 15.9 Å². The molecule has 0 saturated heterocycles. The van der Waals surface area contributed by atoms with Crippen molar-refractivity contribution in [3.8, 4) is 11.5 Å². The van der Waals surface area contributed by atoms with Crippen LogP contribution in [0.25, 0.3) is 0 Å². The first kappa shape index (κ1) is 15.1. The number of benzene rings is 2. The third-order valence-electron chi connectivity index (χ3n) is 2.72. The van der Waals surface area contributed by atoms with E-state index >= 15 is 0 Å². The third-order valence-corrected chi connectivity index (χ3v) is 4.05. The van der Waals surface area contributed by atoms with Crippen molar-refractivity contribution in [2.24, 2.45) is 0 Å². The molecule has 2 aromatic rings. The molecule has 0 aliphatic rings. The van der Waals surface area contributed by atoms with Gasteiger partial charge >= 0.3 is 0 Å². The van der Waals surface area contributed by atoms with Gasteiger partial charge in [0.25, 0.3) is 0 Å². The SMILES string of the molecule is COc1cc(C=O)cc(Cl)c1OCc1ccccc1I. The van der Waals surface area contributed by atoms with Crippen molar-refractivity contribution in [2.45, 2.75) is 6.61 Å². The molecule has 0 aliphatic carbocycles. The van der Waals surface area contributed by atoms with E-state index in [1.54, 1.807) is 12.1 Å². The summed E-state index contributed by atoms with van der Waals surface area (Å²) in [7, 11) is 1.51. The second-order valence-electron chi connectivity index (χ2n) is 4.03. The molecule has 0 fully saturated rings. The first-order chi connectivity index (χ1) is 9.65. The highest BCUT2D eigenvalue weighted by atomic mass is 127. The molecule has 0 atom stereocenters. The Bertz CT molecular complexity index is 629. The van der Waals surface area contributed by atoms with Crippen LogP contribution in [0.2, 0.25) is 5.02 Å². The van der Waals surface area contributed by atoms with Crippen molar-refractivity contribution < 1.29 is 14.3 Å². The number of ether oxygens (including phenoxy) is 2. The summed E-state index contributed by atoms with van der Waals surface area (Å²) in [5.74, 6) is 0.893. The Morgan fingerprint density at radius 2 is 2.05 bits per heavy atom. The lowest BCUT2D eigenvalue weighted by Crippen LogP contribution is -2.00. The van der Waals surface area contributed by atoms with Crippen LogP contribution in [0.5, 0.6) is 11.5 Å². The van der Waals surface area contributed by atoms with Crippen molar-refractivity contribution in [1.29, 1.82) is 0 Å². The fourth-order valence-corrected chi connectivity index (χ4v) is 2.53.